The van der Waals surface area contributed by atoms with Crippen LogP contribution in [0.4, 0.5) is 0 Å². The molecule has 1 unspecified atom stereocenters. The summed E-state index contributed by atoms with van der Waals surface area (Å²) in [6.07, 6.45) is 1.44. The number of aliphatic hydroxyl groups is 1. The van der Waals surface area contributed by atoms with Gasteiger partial charge in [-0.2, -0.15) is 0 Å². The summed E-state index contributed by atoms with van der Waals surface area (Å²) in [4.78, 5) is 16.9. The van der Waals surface area contributed by atoms with Crippen molar-refractivity contribution < 1.29 is 14.7 Å². The number of nitrogens with one attached hydrogen (secondary N) is 2. The van der Waals surface area contributed by atoms with Crippen LogP contribution in [0, 0.1) is 6.92 Å². The van der Waals surface area contributed by atoms with Crippen LogP contribution in [0.15, 0.2) is 29.1 Å². The van der Waals surface area contributed by atoms with Crippen molar-refractivity contribution >= 4 is 10.9 Å². The van der Waals surface area contributed by atoms with Gasteiger partial charge in [0.15, 0.2) is 0 Å². The van der Waals surface area contributed by atoms with E-state index in [1.807, 2.05) is 25.1 Å². The van der Waals surface area contributed by atoms with Crippen molar-refractivity contribution in [3.8, 4) is 0 Å². The summed E-state index contributed by atoms with van der Waals surface area (Å²) in [5.74, 6) is 0.774. The molecule has 0 fully saturated rings. The summed E-state index contributed by atoms with van der Waals surface area (Å²) in [5, 5.41) is 22.7. The number of quaternary nitrogens is 1. The Morgan fingerprint density at radius 3 is 2.90 bits per heavy atom. The Hall–Kier alpha value is -2.62. The largest absolute Gasteiger partial charge is 0.396 e. The molecule has 30 heavy (non-hydrogen) atoms. The first-order chi connectivity index (χ1) is 14.6. The van der Waals surface area contributed by atoms with Crippen LogP contribution in [0.2, 0.25) is 0 Å². The highest BCUT2D eigenvalue weighted by atomic mass is 16.5. The molecule has 0 saturated heterocycles. The van der Waals surface area contributed by atoms with Gasteiger partial charge in [0.2, 0.25) is 5.82 Å². The Bertz CT molecular complexity index is 1020. The van der Waals surface area contributed by atoms with E-state index in [-0.39, 0.29) is 18.2 Å². The Morgan fingerprint density at radius 2 is 2.17 bits per heavy atom. The van der Waals surface area contributed by atoms with Gasteiger partial charge in [0.25, 0.3) is 5.56 Å². The van der Waals surface area contributed by atoms with Crippen molar-refractivity contribution in [2.75, 3.05) is 26.9 Å². The topological polar surface area (TPSA) is 110 Å². The number of nitrogens with zero attached hydrogens (tertiary/aromatic N) is 4. The molecule has 0 aliphatic heterocycles. The summed E-state index contributed by atoms with van der Waals surface area (Å²) >= 11 is 0. The zero-order valence-corrected chi connectivity index (χ0v) is 17.9. The predicted molar refractivity (Wildman–Crippen MR) is 113 cm³/mol. The van der Waals surface area contributed by atoms with Crippen molar-refractivity contribution in [1.29, 1.82) is 0 Å². The molecule has 2 heterocycles. The first-order valence-electron chi connectivity index (χ1n) is 10.4. The molecule has 0 spiro atoms. The lowest BCUT2D eigenvalue weighted by Gasteiger charge is -2.27. The van der Waals surface area contributed by atoms with Gasteiger partial charge in [-0.05, 0) is 40.9 Å². The molecule has 0 aliphatic rings. The normalized spacial score (nSPS) is 13.6. The molecule has 3 N–H and O–H groups in total. The molecular weight excluding hydrogens is 384 g/mol. The SMILES string of the molecule is CC[C@H](c1nnnn1CCOC)[NH+](CCCO)Cc1cc2cc(C)ccc2[nH]c1=O. The third-order valence-electron chi connectivity index (χ3n) is 5.43. The number of aromatic nitrogens is 5. The Labute approximate surface area is 175 Å². The van der Waals surface area contributed by atoms with E-state index in [2.05, 4.69) is 33.5 Å². The minimum Gasteiger partial charge on any atom is -0.396 e. The van der Waals surface area contributed by atoms with Crippen LogP contribution in [0.5, 0.6) is 0 Å². The number of pyridine rings is 1. The molecule has 2 aromatic heterocycles. The average molecular weight is 416 g/mol. The van der Waals surface area contributed by atoms with Crippen molar-refractivity contribution in [3.63, 3.8) is 0 Å². The third-order valence-corrected chi connectivity index (χ3v) is 5.43. The number of aromatic amines is 1. The molecular formula is C21H31N6O3+. The second-order valence-electron chi connectivity index (χ2n) is 7.59. The molecule has 162 valence electrons. The first-order valence-corrected chi connectivity index (χ1v) is 10.4. The fourth-order valence-corrected chi connectivity index (χ4v) is 3.89. The van der Waals surface area contributed by atoms with Gasteiger partial charge in [0.05, 0.1) is 25.3 Å². The van der Waals surface area contributed by atoms with Crippen LogP contribution >= 0.6 is 0 Å². The summed E-state index contributed by atoms with van der Waals surface area (Å²) < 4.78 is 6.94. The van der Waals surface area contributed by atoms with Gasteiger partial charge in [0, 0.05) is 32.1 Å². The fraction of sp³-hybridized carbons (Fsp3) is 0.524. The van der Waals surface area contributed by atoms with E-state index < -0.39 is 0 Å². The number of benzene rings is 1. The molecule has 0 saturated carbocycles. The average Bonchev–Trinajstić information content (AvgIpc) is 3.19. The monoisotopic (exact) mass is 415 g/mol. The highest BCUT2D eigenvalue weighted by Gasteiger charge is 2.29. The molecule has 2 atom stereocenters. The number of aryl methyl sites for hydroxylation is 1. The van der Waals surface area contributed by atoms with Gasteiger partial charge in [-0.15, -0.1) is 5.10 Å². The highest BCUT2D eigenvalue weighted by molar-refractivity contribution is 5.79. The van der Waals surface area contributed by atoms with Crippen molar-refractivity contribution in [2.24, 2.45) is 0 Å². The maximum atomic E-state index is 12.8. The Balaban J connectivity index is 1.93. The van der Waals surface area contributed by atoms with E-state index in [9.17, 15) is 9.90 Å². The zero-order chi connectivity index (χ0) is 21.5. The van der Waals surface area contributed by atoms with Crippen LogP contribution in [0.1, 0.15) is 42.8 Å². The first kappa shape index (κ1) is 22.1. The summed E-state index contributed by atoms with van der Waals surface area (Å²) in [6, 6.07) is 7.97. The smallest absolute Gasteiger partial charge is 0.257 e. The van der Waals surface area contributed by atoms with Crippen LogP contribution in [0.3, 0.4) is 0 Å². The van der Waals surface area contributed by atoms with Crippen molar-refractivity contribution in [1.82, 2.24) is 25.2 Å². The number of H-pyrrole nitrogens is 1. The summed E-state index contributed by atoms with van der Waals surface area (Å²) in [6.45, 7) is 6.54. The number of ether oxygens (including phenoxy) is 1. The zero-order valence-electron chi connectivity index (χ0n) is 17.9. The number of hydrogen-bond acceptors (Lipinski definition) is 6. The number of tetrazole rings is 1. The molecule has 3 rings (SSSR count). The minimum atomic E-state index is -0.0818. The lowest BCUT2D eigenvalue weighted by atomic mass is 10.1. The third kappa shape index (κ3) is 5.10. The Kier molecular flexibility index (Phi) is 7.67. The Morgan fingerprint density at radius 1 is 1.33 bits per heavy atom. The van der Waals surface area contributed by atoms with Crippen LogP contribution < -0.4 is 10.5 Å². The maximum Gasteiger partial charge on any atom is 0.257 e. The van der Waals surface area contributed by atoms with Gasteiger partial charge in [0.1, 0.15) is 12.6 Å². The van der Waals surface area contributed by atoms with Gasteiger partial charge in [-0.1, -0.05) is 18.6 Å². The maximum absolute atomic E-state index is 12.8. The molecule has 1 aromatic carbocycles. The second kappa shape index (κ2) is 10.4. The highest BCUT2D eigenvalue weighted by Crippen LogP contribution is 2.14. The van der Waals surface area contributed by atoms with Gasteiger partial charge < -0.3 is 19.7 Å². The van der Waals surface area contributed by atoms with Crippen LogP contribution in [-0.2, 0) is 17.8 Å². The molecule has 0 aliphatic carbocycles. The molecule has 0 amide bonds. The lowest BCUT2D eigenvalue weighted by molar-refractivity contribution is -0.946. The standard InChI is InChI=1S/C21H30N6O3/c1-4-19(20-23-24-25-27(20)9-11-30-3)26(8-5-10-28)14-17-13-16-12-15(2)6-7-18(16)22-21(17)29/h6-7,12-13,19,28H,4-5,8-11,14H2,1-3H3,(H,22,29)/p+1/t19-/m1/s1. The van der Waals surface area contributed by atoms with E-state index in [1.165, 1.54) is 0 Å². The molecule has 9 heteroatoms. The minimum absolute atomic E-state index is 0.00369. The fourth-order valence-electron chi connectivity index (χ4n) is 3.89. The number of methoxy groups -OCH3 is 1. The number of hydrogen-bond donors (Lipinski definition) is 3. The summed E-state index contributed by atoms with van der Waals surface area (Å²) in [5.41, 5.74) is 2.62. The molecule has 0 bridgehead atoms. The van der Waals surface area contributed by atoms with Crippen molar-refractivity contribution in [2.45, 2.75) is 45.8 Å². The van der Waals surface area contributed by atoms with E-state index in [4.69, 9.17) is 4.74 Å². The number of fused-ring (bicyclic) bond motifs is 1. The van der Waals surface area contributed by atoms with Gasteiger partial charge in [-0.3, -0.25) is 4.79 Å². The van der Waals surface area contributed by atoms with Crippen LogP contribution in [-0.4, -0.2) is 57.2 Å². The molecule has 3 aromatic rings. The van der Waals surface area contributed by atoms with E-state index in [0.29, 0.717) is 32.7 Å². The van der Waals surface area contributed by atoms with Gasteiger partial charge in [-0.25, -0.2) is 4.68 Å². The van der Waals surface area contributed by atoms with E-state index in [1.54, 1.807) is 11.8 Å². The van der Waals surface area contributed by atoms with E-state index >= 15 is 0 Å². The number of aliphatic hydroxyl groups excluding tert-OH is 1. The molecule has 9 nitrogen and oxygen atoms in total. The predicted octanol–water partition coefficient (Wildman–Crippen LogP) is 0.388. The van der Waals surface area contributed by atoms with Crippen molar-refractivity contribution in [3.05, 3.63) is 51.6 Å². The summed E-state index contributed by atoms with van der Waals surface area (Å²) in [7, 11) is 1.65. The van der Waals surface area contributed by atoms with Crippen LogP contribution in [0.25, 0.3) is 10.9 Å². The lowest BCUT2D eigenvalue weighted by Crippen LogP contribution is -3.11. The number of rotatable bonds is 11. The molecule has 0 radical (unpaired) electrons. The second-order valence-corrected chi connectivity index (χ2v) is 7.59. The van der Waals surface area contributed by atoms with Gasteiger partial charge >= 0.3 is 0 Å². The quantitative estimate of drug-likeness (QED) is 0.418. The van der Waals surface area contributed by atoms with E-state index in [0.717, 1.165) is 39.2 Å².